The Morgan fingerprint density at radius 2 is 1.82 bits per heavy atom. The van der Waals surface area contributed by atoms with Crippen molar-refractivity contribution in [3.05, 3.63) is 42.0 Å². The molecule has 0 aromatic heterocycles. The molecule has 1 aliphatic heterocycles. The Hall–Kier alpha value is -2.59. The normalized spacial score (nSPS) is 21.9. The highest BCUT2D eigenvalue weighted by atomic mass is 16.8. The third kappa shape index (κ3) is 7.96. The van der Waals surface area contributed by atoms with Crippen molar-refractivity contribution in [2.24, 2.45) is 40.7 Å². The second kappa shape index (κ2) is 14.0. The van der Waals surface area contributed by atoms with E-state index in [1.165, 1.54) is 0 Å². The van der Waals surface area contributed by atoms with Gasteiger partial charge in [0.1, 0.15) is 0 Å². The third-order valence-electron chi connectivity index (χ3n) is 7.44. The second-order valence-corrected chi connectivity index (χ2v) is 11.2. The third-order valence-corrected chi connectivity index (χ3v) is 7.44. The van der Waals surface area contributed by atoms with Crippen LogP contribution >= 0.6 is 0 Å². The highest BCUT2D eigenvalue weighted by molar-refractivity contribution is 5.99. The van der Waals surface area contributed by atoms with Crippen LogP contribution in [0.4, 0.5) is 0 Å². The van der Waals surface area contributed by atoms with Crippen LogP contribution in [0.1, 0.15) is 71.3 Å². The molecule has 1 aromatic rings. The van der Waals surface area contributed by atoms with E-state index >= 15 is 0 Å². The molecule has 210 valence electrons. The number of hydrogen-bond donors (Lipinski definition) is 4. The number of hydrazine groups is 1. The first-order valence-corrected chi connectivity index (χ1v) is 13.8. The van der Waals surface area contributed by atoms with E-state index in [9.17, 15) is 14.4 Å². The van der Waals surface area contributed by atoms with Crippen molar-refractivity contribution < 1.29 is 24.0 Å². The maximum absolute atomic E-state index is 14.1. The number of amides is 2. The highest BCUT2D eigenvalue weighted by Crippen LogP contribution is 2.50. The van der Waals surface area contributed by atoms with Gasteiger partial charge >= 0.3 is 0 Å². The smallest absolute Gasteiger partial charge is 0.248 e. The van der Waals surface area contributed by atoms with E-state index in [-0.39, 0.29) is 17.6 Å². The Bertz CT molecular complexity index is 957. The summed E-state index contributed by atoms with van der Waals surface area (Å²) in [6, 6.07) is 8.71. The van der Waals surface area contributed by atoms with E-state index in [2.05, 4.69) is 10.9 Å². The Morgan fingerprint density at radius 3 is 2.37 bits per heavy atom. The number of benzene rings is 1. The molecule has 5 atom stereocenters. The maximum Gasteiger partial charge on any atom is 0.248 e. The minimum Gasteiger partial charge on any atom is -0.350 e. The number of ether oxygens (including phenoxy) is 1. The molecule has 1 saturated carbocycles. The summed E-state index contributed by atoms with van der Waals surface area (Å²) in [7, 11) is 0. The number of nitrogens with one attached hydrogen (secondary N) is 2. The van der Waals surface area contributed by atoms with Gasteiger partial charge in [0.15, 0.2) is 12.1 Å². The number of allylic oxidation sites excluding steroid dienone is 1. The van der Waals surface area contributed by atoms with Gasteiger partial charge in [-0.05, 0) is 50.0 Å². The maximum atomic E-state index is 14.1. The van der Waals surface area contributed by atoms with Gasteiger partial charge in [-0.15, -0.1) is 0 Å². The van der Waals surface area contributed by atoms with Crippen molar-refractivity contribution >= 4 is 23.7 Å². The van der Waals surface area contributed by atoms with Crippen LogP contribution in [0.15, 0.2) is 36.4 Å². The van der Waals surface area contributed by atoms with Crippen LogP contribution in [0.25, 0.3) is 6.08 Å². The Balaban J connectivity index is 2.12. The molecule has 0 spiro atoms. The van der Waals surface area contributed by atoms with Gasteiger partial charge in [0.2, 0.25) is 11.8 Å². The SMILES string of the molecule is CC(C)C[C@@H](C(=O)NN)[C@H](C(=O)NOC1CCCCO1)C(/C=C/c1ccccc1)(CC1CC1)C(=O)[C@@H](C)N. The predicted molar refractivity (Wildman–Crippen MR) is 145 cm³/mol. The molecule has 2 unspecified atom stereocenters. The molecule has 2 fully saturated rings. The standard InChI is InChI=1S/C29H44N4O5/c1-19(2)17-23(27(35)32-31)25(28(36)33-38-24-11-7-8-16-37-24)29(18-22-12-13-22,26(34)20(3)30)15-14-21-9-5-4-6-10-21/h4-6,9-10,14-15,19-20,22-25H,7-8,11-13,16-18,30-31H2,1-3H3,(H,32,35)(H,33,36)/b15-14+/t20-,23-,24?,25-,29?/m1/s1. The van der Waals surface area contributed by atoms with Crippen LogP contribution < -0.4 is 22.5 Å². The minimum absolute atomic E-state index is 0.0531. The van der Waals surface area contributed by atoms with E-state index < -0.39 is 41.4 Å². The number of hydrogen-bond acceptors (Lipinski definition) is 7. The van der Waals surface area contributed by atoms with E-state index in [0.717, 1.165) is 31.2 Å². The van der Waals surface area contributed by atoms with Crippen LogP contribution in [-0.4, -0.2) is 36.5 Å². The summed E-state index contributed by atoms with van der Waals surface area (Å²) in [5.41, 5.74) is 10.6. The van der Waals surface area contributed by atoms with Gasteiger partial charge in [0.25, 0.3) is 0 Å². The zero-order valence-corrected chi connectivity index (χ0v) is 22.9. The first kappa shape index (κ1) is 30.0. The Labute approximate surface area is 226 Å². The fourth-order valence-corrected chi connectivity index (χ4v) is 5.44. The largest absolute Gasteiger partial charge is 0.350 e. The summed E-state index contributed by atoms with van der Waals surface area (Å²) < 4.78 is 5.62. The first-order valence-electron chi connectivity index (χ1n) is 13.8. The Morgan fingerprint density at radius 1 is 1.11 bits per heavy atom. The lowest BCUT2D eigenvalue weighted by atomic mass is 9.60. The highest BCUT2D eigenvalue weighted by Gasteiger charge is 2.55. The number of carbonyl (C=O) groups is 3. The predicted octanol–water partition coefficient (Wildman–Crippen LogP) is 3.25. The molecular formula is C29H44N4O5. The molecule has 38 heavy (non-hydrogen) atoms. The summed E-state index contributed by atoms with van der Waals surface area (Å²) in [6.07, 6.45) is 8.21. The van der Waals surface area contributed by atoms with Gasteiger partial charge in [0, 0.05) is 13.0 Å². The number of nitrogens with two attached hydrogens (primary N) is 2. The quantitative estimate of drug-likeness (QED) is 0.165. The van der Waals surface area contributed by atoms with Crippen LogP contribution in [0.5, 0.6) is 0 Å². The van der Waals surface area contributed by atoms with Gasteiger partial charge in [-0.25, -0.2) is 16.2 Å². The second-order valence-electron chi connectivity index (χ2n) is 11.2. The van der Waals surface area contributed by atoms with Crippen molar-refractivity contribution in [1.29, 1.82) is 0 Å². The molecule has 9 heteroatoms. The molecule has 0 bridgehead atoms. The summed E-state index contributed by atoms with van der Waals surface area (Å²) in [6.45, 7) is 6.11. The van der Waals surface area contributed by atoms with Crippen LogP contribution in [0.2, 0.25) is 0 Å². The molecule has 2 aliphatic rings. The lowest BCUT2D eigenvalue weighted by Gasteiger charge is -2.41. The average Bonchev–Trinajstić information content (AvgIpc) is 3.74. The summed E-state index contributed by atoms with van der Waals surface area (Å²) in [5, 5.41) is 0. The molecule has 1 heterocycles. The molecule has 1 aromatic carbocycles. The van der Waals surface area contributed by atoms with E-state index in [4.69, 9.17) is 21.2 Å². The molecule has 1 saturated heterocycles. The molecule has 0 radical (unpaired) electrons. The van der Waals surface area contributed by atoms with Crippen molar-refractivity contribution in [2.45, 2.75) is 78.0 Å². The molecule has 1 aliphatic carbocycles. The summed E-state index contributed by atoms with van der Waals surface area (Å²) in [4.78, 5) is 47.1. The van der Waals surface area contributed by atoms with Crippen molar-refractivity contribution in [1.82, 2.24) is 10.9 Å². The number of ketones is 1. The molecule has 9 nitrogen and oxygen atoms in total. The zero-order valence-electron chi connectivity index (χ0n) is 22.9. The van der Waals surface area contributed by atoms with E-state index in [0.29, 0.717) is 25.9 Å². The van der Waals surface area contributed by atoms with E-state index in [1.807, 2.05) is 50.3 Å². The van der Waals surface area contributed by atoms with Gasteiger partial charge < -0.3 is 10.5 Å². The minimum atomic E-state index is -1.35. The Kier molecular flexibility index (Phi) is 11.0. The summed E-state index contributed by atoms with van der Waals surface area (Å²) in [5.74, 6) is 2.59. The van der Waals surface area contributed by atoms with E-state index in [1.54, 1.807) is 13.0 Å². The molecule has 2 amide bonds. The number of hydroxylamine groups is 1. The van der Waals surface area contributed by atoms with Gasteiger partial charge in [-0.1, -0.05) is 69.2 Å². The molecule has 3 rings (SSSR count). The summed E-state index contributed by atoms with van der Waals surface area (Å²) >= 11 is 0. The fourth-order valence-electron chi connectivity index (χ4n) is 5.44. The van der Waals surface area contributed by atoms with Gasteiger partial charge in [-0.3, -0.25) is 19.8 Å². The zero-order chi connectivity index (χ0) is 27.7. The van der Waals surface area contributed by atoms with Crippen molar-refractivity contribution in [2.75, 3.05) is 6.61 Å². The first-order chi connectivity index (χ1) is 18.2. The monoisotopic (exact) mass is 528 g/mol. The molecular weight excluding hydrogens is 484 g/mol. The van der Waals surface area contributed by atoms with Crippen LogP contribution in [-0.2, 0) is 24.0 Å². The molecule has 6 N–H and O–H groups in total. The topological polar surface area (TPSA) is 146 Å². The van der Waals surface area contributed by atoms with Crippen LogP contribution in [0, 0.1) is 29.1 Å². The van der Waals surface area contributed by atoms with Crippen molar-refractivity contribution in [3.63, 3.8) is 0 Å². The van der Waals surface area contributed by atoms with Gasteiger partial charge in [-0.2, -0.15) is 0 Å². The number of carbonyl (C=O) groups excluding carboxylic acids is 3. The lowest BCUT2D eigenvalue weighted by Crippen LogP contribution is -2.56. The van der Waals surface area contributed by atoms with Crippen LogP contribution in [0.3, 0.4) is 0 Å². The average molecular weight is 529 g/mol. The number of Topliss-reactive ketones (excluding diaryl/α,β-unsaturated/α-hetero) is 1. The lowest BCUT2D eigenvalue weighted by molar-refractivity contribution is -0.204. The van der Waals surface area contributed by atoms with Crippen molar-refractivity contribution in [3.8, 4) is 0 Å². The number of rotatable bonds is 14. The van der Waals surface area contributed by atoms with Gasteiger partial charge in [0.05, 0.1) is 23.3 Å². The fraction of sp³-hybridized carbons (Fsp3) is 0.621.